The first-order valence-electron chi connectivity index (χ1n) is 10.6. The SMILES string of the molecule is O=C1CCC(N2Cc3c(OCc4ccc(Cn5ccnn5)cc4)cccc3C2=O)C(=O)C1. The van der Waals surface area contributed by atoms with E-state index in [1.54, 1.807) is 27.9 Å². The molecule has 1 fully saturated rings. The molecule has 1 saturated carbocycles. The number of carbonyl (C=O) groups excluding carboxylic acids is 3. The van der Waals surface area contributed by atoms with Crippen molar-refractivity contribution >= 4 is 17.5 Å². The van der Waals surface area contributed by atoms with Crippen LogP contribution >= 0.6 is 0 Å². The maximum absolute atomic E-state index is 12.9. The Bertz CT molecular complexity index is 1170. The highest BCUT2D eigenvalue weighted by atomic mass is 16.5. The lowest BCUT2D eigenvalue weighted by Gasteiger charge is -2.29. The number of nitrogens with zero attached hydrogens (tertiary/aromatic N) is 4. The van der Waals surface area contributed by atoms with Crippen LogP contribution in [0.2, 0.25) is 0 Å². The predicted molar refractivity (Wildman–Crippen MR) is 114 cm³/mol. The molecule has 5 rings (SSSR count). The molecule has 1 atom stereocenters. The van der Waals surface area contributed by atoms with Gasteiger partial charge in [-0.2, -0.15) is 0 Å². The molecular weight excluding hydrogens is 408 g/mol. The van der Waals surface area contributed by atoms with E-state index >= 15 is 0 Å². The van der Waals surface area contributed by atoms with E-state index in [4.69, 9.17) is 4.74 Å². The summed E-state index contributed by atoms with van der Waals surface area (Å²) in [4.78, 5) is 38.4. The highest BCUT2D eigenvalue weighted by molar-refractivity contribution is 6.07. The van der Waals surface area contributed by atoms with Crippen molar-refractivity contribution in [3.8, 4) is 5.75 Å². The first kappa shape index (κ1) is 20.1. The average molecular weight is 430 g/mol. The van der Waals surface area contributed by atoms with Crippen molar-refractivity contribution in [1.29, 1.82) is 0 Å². The number of Topliss-reactive ketones (excluding diaryl/α,β-unsaturated/α-hetero) is 2. The minimum Gasteiger partial charge on any atom is -0.489 e. The number of hydrogen-bond acceptors (Lipinski definition) is 6. The lowest BCUT2D eigenvalue weighted by Crippen LogP contribution is -2.44. The molecule has 1 unspecified atom stereocenters. The van der Waals surface area contributed by atoms with E-state index in [9.17, 15) is 14.4 Å². The molecule has 0 N–H and O–H groups in total. The fourth-order valence-corrected chi connectivity index (χ4v) is 4.31. The summed E-state index contributed by atoms with van der Waals surface area (Å²) < 4.78 is 7.82. The highest BCUT2D eigenvalue weighted by Crippen LogP contribution is 2.34. The second-order valence-electron chi connectivity index (χ2n) is 8.16. The molecule has 0 radical (unpaired) electrons. The van der Waals surface area contributed by atoms with Gasteiger partial charge in [-0.1, -0.05) is 35.5 Å². The van der Waals surface area contributed by atoms with Gasteiger partial charge in [-0.15, -0.1) is 5.10 Å². The van der Waals surface area contributed by atoms with Gasteiger partial charge in [-0.3, -0.25) is 14.4 Å². The van der Waals surface area contributed by atoms with E-state index in [0.717, 1.165) is 16.7 Å². The Kier molecular flexibility index (Phi) is 5.26. The lowest BCUT2D eigenvalue weighted by atomic mass is 9.92. The maximum atomic E-state index is 12.9. The molecule has 0 bridgehead atoms. The number of ketones is 2. The van der Waals surface area contributed by atoms with Crippen LogP contribution in [0.3, 0.4) is 0 Å². The molecule has 0 spiro atoms. The van der Waals surface area contributed by atoms with Crippen LogP contribution in [0.4, 0.5) is 0 Å². The number of ether oxygens (including phenoxy) is 1. The molecule has 3 aromatic rings. The summed E-state index contributed by atoms with van der Waals surface area (Å²) in [6.07, 6.45) is 4.12. The Morgan fingerprint density at radius 2 is 1.84 bits per heavy atom. The number of carbonyl (C=O) groups is 3. The topological polar surface area (TPSA) is 94.4 Å². The van der Waals surface area contributed by atoms with Gasteiger partial charge in [0.15, 0.2) is 5.78 Å². The summed E-state index contributed by atoms with van der Waals surface area (Å²) in [6, 6.07) is 12.9. The number of fused-ring (bicyclic) bond motifs is 1. The minimum atomic E-state index is -0.530. The molecule has 1 aliphatic carbocycles. The number of aromatic nitrogens is 3. The van der Waals surface area contributed by atoms with Crippen LogP contribution in [0.1, 0.15) is 46.3 Å². The molecule has 8 nitrogen and oxygen atoms in total. The molecule has 1 aromatic heterocycles. The third kappa shape index (κ3) is 3.91. The van der Waals surface area contributed by atoms with Crippen molar-refractivity contribution in [2.45, 2.75) is 45.0 Å². The van der Waals surface area contributed by atoms with Crippen molar-refractivity contribution in [3.63, 3.8) is 0 Å². The molecule has 162 valence electrons. The lowest BCUT2D eigenvalue weighted by molar-refractivity contribution is -0.133. The van der Waals surface area contributed by atoms with Crippen molar-refractivity contribution in [2.75, 3.05) is 0 Å². The Morgan fingerprint density at radius 3 is 2.59 bits per heavy atom. The average Bonchev–Trinajstić information content (AvgIpc) is 3.42. The Labute approximate surface area is 184 Å². The summed E-state index contributed by atoms with van der Waals surface area (Å²) in [7, 11) is 0. The second-order valence-corrected chi connectivity index (χ2v) is 8.16. The Balaban J connectivity index is 1.27. The first-order chi connectivity index (χ1) is 15.6. The van der Waals surface area contributed by atoms with Crippen LogP contribution in [-0.4, -0.2) is 43.4 Å². The Hall–Kier alpha value is -3.81. The normalized spacial score (nSPS) is 18.2. The number of hydrogen-bond donors (Lipinski definition) is 0. The van der Waals surface area contributed by atoms with E-state index in [1.165, 1.54) is 0 Å². The summed E-state index contributed by atoms with van der Waals surface area (Å²) in [5.41, 5.74) is 3.48. The highest BCUT2D eigenvalue weighted by Gasteiger charge is 2.39. The van der Waals surface area contributed by atoms with Gasteiger partial charge in [-0.05, 0) is 29.7 Å². The van der Waals surface area contributed by atoms with Gasteiger partial charge in [0.2, 0.25) is 0 Å². The molecule has 32 heavy (non-hydrogen) atoms. The van der Waals surface area contributed by atoms with Crippen molar-refractivity contribution in [1.82, 2.24) is 19.9 Å². The van der Waals surface area contributed by atoms with Gasteiger partial charge in [0.1, 0.15) is 18.1 Å². The standard InChI is InChI=1S/C24H22N4O4/c29-18-8-9-21(22(30)12-18)28-14-20-19(24(28)31)2-1-3-23(20)32-15-17-6-4-16(5-7-17)13-27-11-10-25-26-27/h1-7,10-11,21H,8-9,12-15H2. The molecular formula is C24H22N4O4. The maximum Gasteiger partial charge on any atom is 0.255 e. The number of amides is 1. The minimum absolute atomic E-state index is 0.0493. The van der Waals surface area contributed by atoms with E-state index < -0.39 is 6.04 Å². The zero-order valence-electron chi connectivity index (χ0n) is 17.4. The summed E-state index contributed by atoms with van der Waals surface area (Å²) >= 11 is 0. The molecule has 2 heterocycles. The molecule has 1 amide bonds. The van der Waals surface area contributed by atoms with E-state index in [-0.39, 0.29) is 23.9 Å². The van der Waals surface area contributed by atoms with Gasteiger partial charge in [0, 0.05) is 23.7 Å². The third-order valence-electron chi connectivity index (χ3n) is 6.00. The smallest absolute Gasteiger partial charge is 0.255 e. The van der Waals surface area contributed by atoms with Crippen LogP contribution in [0.25, 0.3) is 0 Å². The first-order valence-corrected chi connectivity index (χ1v) is 10.6. The van der Waals surface area contributed by atoms with Crippen molar-refractivity contribution in [2.24, 2.45) is 0 Å². The molecule has 8 heteroatoms. The molecule has 2 aromatic carbocycles. The number of rotatable bonds is 6. The zero-order valence-corrected chi connectivity index (χ0v) is 17.4. The fourth-order valence-electron chi connectivity index (χ4n) is 4.31. The van der Waals surface area contributed by atoms with Gasteiger partial charge < -0.3 is 9.64 Å². The van der Waals surface area contributed by atoms with Crippen LogP contribution in [0.5, 0.6) is 5.75 Å². The van der Waals surface area contributed by atoms with Crippen molar-refractivity contribution in [3.05, 3.63) is 77.1 Å². The van der Waals surface area contributed by atoms with E-state index in [0.29, 0.717) is 43.9 Å². The summed E-state index contributed by atoms with van der Waals surface area (Å²) in [5, 5.41) is 7.78. The zero-order chi connectivity index (χ0) is 22.1. The van der Waals surface area contributed by atoms with Gasteiger partial charge in [-0.25, -0.2) is 4.68 Å². The van der Waals surface area contributed by atoms with Gasteiger partial charge in [0.05, 0.1) is 31.7 Å². The predicted octanol–water partition coefficient (Wildman–Crippen LogP) is 2.55. The second kappa shape index (κ2) is 8.37. The third-order valence-corrected chi connectivity index (χ3v) is 6.00. The van der Waals surface area contributed by atoms with Crippen LogP contribution < -0.4 is 4.74 Å². The van der Waals surface area contributed by atoms with Gasteiger partial charge >= 0.3 is 0 Å². The van der Waals surface area contributed by atoms with Crippen molar-refractivity contribution < 1.29 is 19.1 Å². The summed E-state index contributed by atoms with van der Waals surface area (Å²) in [5.74, 6) is 0.252. The molecule has 2 aliphatic rings. The summed E-state index contributed by atoms with van der Waals surface area (Å²) in [6.45, 7) is 1.34. The Morgan fingerprint density at radius 1 is 1.03 bits per heavy atom. The van der Waals surface area contributed by atoms with E-state index in [1.807, 2.05) is 36.5 Å². The molecule has 0 saturated heterocycles. The molecule has 1 aliphatic heterocycles. The van der Waals surface area contributed by atoms with E-state index in [2.05, 4.69) is 10.3 Å². The van der Waals surface area contributed by atoms with Gasteiger partial charge in [0.25, 0.3) is 5.91 Å². The largest absolute Gasteiger partial charge is 0.489 e. The quantitative estimate of drug-likeness (QED) is 0.558. The van der Waals surface area contributed by atoms with Crippen LogP contribution in [0.15, 0.2) is 54.9 Å². The fraction of sp³-hybridized carbons (Fsp3) is 0.292. The number of benzene rings is 2. The van der Waals surface area contributed by atoms with Crippen LogP contribution in [0, 0.1) is 0 Å². The monoisotopic (exact) mass is 430 g/mol. The van der Waals surface area contributed by atoms with Crippen LogP contribution in [-0.2, 0) is 29.3 Å².